The second-order valence-electron chi connectivity index (χ2n) is 4.96. The molecule has 0 aliphatic heterocycles. The molecule has 2 aromatic rings. The second-order valence-corrected chi connectivity index (χ2v) is 5.76. The summed E-state index contributed by atoms with van der Waals surface area (Å²) in [7, 11) is 0. The quantitative estimate of drug-likeness (QED) is 0.234. The zero-order valence-electron chi connectivity index (χ0n) is 13.7. The fourth-order valence-corrected chi connectivity index (χ4v) is 2.23. The number of hydrogen-bond acceptors (Lipinski definition) is 4. The largest absolute Gasteiger partial charge is 0.448 e. The van der Waals surface area contributed by atoms with Gasteiger partial charge in [-0.05, 0) is 18.4 Å². The van der Waals surface area contributed by atoms with Gasteiger partial charge in [0.05, 0.1) is 5.56 Å². The first-order chi connectivity index (χ1) is 13.1. The summed E-state index contributed by atoms with van der Waals surface area (Å²) in [5.74, 6) is -8.24. The molecule has 4 nitrogen and oxygen atoms in total. The van der Waals surface area contributed by atoms with Crippen molar-refractivity contribution < 1.29 is 35.5 Å². The number of ether oxygens (including phenoxy) is 1. The molecule has 0 heterocycles. The molecule has 2 aromatic carbocycles. The maximum atomic E-state index is 13.9. The van der Waals surface area contributed by atoms with Gasteiger partial charge in [0.15, 0.2) is 46.1 Å². The Kier molecular flexibility index (Phi) is 6.40. The van der Waals surface area contributed by atoms with Crippen LogP contribution in [0.3, 0.4) is 0 Å². The minimum Gasteiger partial charge on any atom is -0.448 e. The minimum atomic E-state index is -5.01. The summed E-state index contributed by atoms with van der Waals surface area (Å²) in [6, 6.07) is 0.887. The Morgan fingerprint density at radius 2 is 1.64 bits per heavy atom. The highest BCUT2D eigenvalue weighted by Gasteiger charge is 2.33. The predicted molar refractivity (Wildman–Crippen MR) is 87.2 cm³/mol. The fraction of sp³-hybridized carbons (Fsp3) is 0.125. The van der Waals surface area contributed by atoms with E-state index in [1.807, 2.05) is 0 Å². The van der Waals surface area contributed by atoms with Gasteiger partial charge in [-0.3, -0.25) is 5.32 Å². The molecule has 2 rings (SSSR count). The van der Waals surface area contributed by atoms with Crippen LogP contribution in [-0.2, 0) is 6.18 Å². The van der Waals surface area contributed by atoms with Gasteiger partial charge in [-0.15, -0.1) is 0 Å². The Balaban J connectivity index is 2.48. The van der Waals surface area contributed by atoms with Crippen molar-refractivity contribution in [1.82, 2.24) is 5.32 Å². The van der Waals surface area contributed by atoms with Crippen molar-refractivity contribution >= 4 is 22.6 Å². The highest BCUT2D eigenvalue weighted by atomic mass is 32.2. The van der Waals surface area contributed by atoms with Crippen LogP contribution >= 0.6 is 11.8 Å². The first kappa shape index (κ1) is 21.4. The lowest BCUT2D eigenvalue weighted by atomic mass is 10.2. The first-order valence-electron chi connectivity index (χ1n) is 7.07. The zero-order chi connectivity index (χ0) is 21.1. The molecule has 0 saturated carbocycles. The molecular formula is C16H8F7N3OS. The molecule has 148 valence electrons. The fourth-order valence-electron chi connectivity index (χ4n) is 1.90. The lowest BCUT2D eigenvalue weighted by Gasteiger charge is -2.13. The van der Waals surface area contributed by atoms with Crippen LogP contribution in [0.5, 0.6) is 11.5 Å². The van der Waals surface area contributed by atoms with Crippen LogP contribution in [0.15, 0.2) is 29.3 Å². The summed E-state index contributed by atoms with van der Waals surface area (Å²) in [5.41, 5.74) is -2.15. The average molecular weight is 423 g/mol. The molecule has 0 fully saturated rings. The SMILES string of the molecule is CSC(=Nc1cc(Oc2c(F)cc(C(F)(F)F)cc2F)c(F)cc1F)NC#N. The van der Waals surface area contributed by atoms with E-state index in [1.165, 1.54) is 12.4 Å². The summed E-state index contributed by atoms with van der Waals surface area (Å²) >= 11 is 0.909. The van der Waals surface area contributed by atoms with Gasteiger partial charge in [0.2, 0.25) is 0 Å². The summed E-state index contributed by atoms with van der Waals surface area (Å²) < 4.78 is 97.9. The van der Waals surface area contributed by atoms with Gasteiger partial charge >= 0.3 is 6.18 Å². The lowest BCUT2D eigenvalue weighted by molar-refractivity contribution is -0.138. The van der Waals surface area contributed by atoms with Gasteiger partial charge in [-0.25, -0.2) is 22.6 Å². The van der Waals surface area contributed by atoms with Gasteiger partial charge in [-0.1, -0.05) is 11.8 Å². The van der Waals surface area contributed by atoms with Crippen molar-refractivity contribution in [2.24, 2.45) is 4.99 Å². The topological polar surface area (TPSA) is 57.4 Å². The van der Waals surface area contributed by atoms with E-state index >= 15 is 0 Å². The van der Waals surface area contributed by atoms with Crippen LogP contribution in [0.4, 0.5) is 36.4 Å². The molecule has 1 N–H and O–H groups in total. The summed E-state index contributed by atoms with van der Waals surface area (Å²) in [5, 5.41) is 10.6. The van der Waals surface area contributed by atoms with E-state index in [-0.39, 0.29) is 17.3 Å². The number of amidine groups is 1. The van der Waals surface area contributed by atoms with E-state index in [1.54, 1.807) is 0 Å². The van der Waals surface area contributed by atoms with Gasteiger partial charge in [-0.2, -0.15) is 18.4 Å². The number of aliphatic imine (C=N–C) groups is 1. The molecule has 0 unspecified atom stereocenters. The number of nitrogens with zero attached hydrogens (tertiary/aromatic N) is 2. The minimum absolute atomic E-state index is 0.0262. The predicted octanol–water partition coefficient (Wildman–Crippen LogP) is 5.48. The highest BCUT2D eigenvalue weighted by molar-refractivity contribution is 8.13. The zero-order valence-corrected chi connectivity index (χ0v) is 14.5. The molecule has 0 saturated heterocycles. The maximum absolute atomic E-state index is 13.9. The van der Waals surface area contributed by atoms with Crippen molar-refractivity contribution in [1.29, 1.82) is 5.26 Å². The Bertz CT molecular complexity index is 947. The Morgan fingerprint density at radius 3 is 2.14 bits per heavy atom. The molecule has 0 atom stereocenters. The molecule has 0 spiro atoms. The molecule has 0 aliphatic rings. The van der Waals surface area contributed by atoms with E-state index in [4.69, 9.17) is 5.26 Å². The standard InChI is InChI=1S/C16H8F7N3OS/c1-28-15(25-6-24)26-12-5-13(9(18)4-8(12)17)27-14-10(19)2-7(3-11(14)20)16(21,22)23/h2-5H,1H3,(H,25,26). The molecule has 28 heavy (non-hydrogen) atoms. The molecule has 12 heteroatoms. The van der Waals surface area contributed by atoms with E-state index in [0.717, 1.165) is 11.8 Å². The lowest BCUT2D eigenvalue weighted by Crippen LogP contribution is -2.12. The van der Waals surface area contributed by atoms with Crippen LogP contribution in [0.1, 0.15) is 5.56 Å². The Morgan fingerprint density at radius 1 is 1.04 bits per heavy atom. The van der Waals surface area contributed by atoms with Crippen molar-refractivity contribution in [3.8, 4) is 17.7 Å². The van der Waals surface area contributed by atoms with Crippen molar-refractivity contribution in [2.45, 2.75) is 6.18 Å². The van der Waals surface area contributed by atoms with E-state index < -0.39 is 52.2 Å². The van der Waals surface area contributed by atoms with E-state index in [2.05, 4.69) is 15.0 Å². The van der Waals surface area contributed by atoms with Crippen LogP contribution in [0.2, 0.25) is 0 Å². The number of rotatable bonds is 3. The summed E-state index contributed by atoms with van der Waals surface area (Å²) in [4.78, 5) is 3.69. The Labute approximate surface area is 157 Å². The van der Waals surface area contributed by atoms with Crippen molar-refractivity contribution in [2.75, 3.05) is 6.26 Å². The Hall–Kier alpha value is -2.94. The monoisotopic (exact) mass is 423 g/mol. The van der Waals surface area contributed by atoms with Crippen molar-refractivity contribution in [3.63, 3.8) is 0 Å². The summed E-state index contributed by atoms with van der Waals surface area (Å²) in [6.45, 7) is 0. The third-order valence-corrected chi connectivity index (χ3v) is 3.70. The third kappa shape index (κ3) is 4.86. The van der Waals surface area contributed by atoms with Gasteiger partial charge in [0, 0.05) is 12.1 Å². The van der Waals surface area contributed by atoms with Gasteiger partial charge in [0.25, 0.3) is 0 Å². The molecule has 0 aromatic heterocycles. The second kappa shape index (κ2) is 8.39. The van der Waals surface area contributed by atoms with Crippen LogP contribution in [0.25, 0.3) is 0 Å². The first-order valence-corrected chi connectivity index (χ1v) is 8.30. The smallest absolute Gasteiger partial charge is 0.416 e. The van der Waals surface area contributed by atoms with Crippen molar-refractivity contribution in [3.05, 3.63) is 53.1 Å². The van der Waals surface area contributed by atoms with Gasteiger partial charge in [0.1, 0.15) is 5.69 Å². The number of nitrogens with one attached hydrogen (secondary N) is 1. The number of benzene rings is 2. The number of nitriles is 1. The normalized spacial score (nSPS) is 11.9. The van der Waals surface area contributed by atoms with Crippen LogP contribution in [-0.4, -0.2) is 11.4 Å². The number of halogens is 7. The molecule has 0 radical (unpaired) electrons. The van der Waals surface area contributed by atoms with Crippen LogP contribution in [0, 0.1) is 34.7 Å². The summed E-state index contributed by atoms with van der Waals surface area (Å²) in [6.07, 6.45) is -1.98. The number of hydrogen-bond donors (Lipinski definition) is 1. The molecule has 0 bridgehead atoms. The average Bonchev–Trinajstić information content (AvgIpc) is 2.59. The molecular weight excluding hydrogens is 415 g/mol. The van der Waals surface area contributed by atoms with Crippen LogP contribution < -0.4 is 10.1 Å². The number of thioether (sulfide) groups is 1. The van der Waals surface area contributed by atoms with E-state index in [0.29, 0.717) is 12.1 Å². The van der Waals surface area contributed by atoms with Gasteiger partial charge < -0.3 is 4.74 Å². The highest BCUT2D eigenvalue weighted by Crippen LogP contribution is 2.37. The van der Waals surface area contributed by atoms with E-state index in [9.17, 15) is 30.7 Å². The maximum Gasteiger partial charge on any atom is 0.416 e. The molecule has 0 aliphatic carbocycles. The number of alkyl halides is 3. The molecule has 0 amide bonds. The third-order valence-electron chi connectivity index (χ3n) is 3.12.